The molecule has 1 amide bonds. The molecule has 0 spiro atoms. The second-order valence-electron chi connectivity index (χ2n) is 10.1. The molecule has 39 heavy (non-hydrogen) atoms. The molecule has 5 heterocycles. The van der Waals surface area contributed by atoms with Crippen molar-refractivity contribution in [2.45, 2.75) is 61.7 Å². The van der Waals surface area contributed by atoms with Crippen LogP contribution in [0, 0.1) is 0 Å². The van der Waals surface area contributed by atoms with Crippen LogP contribution in [0.3, 0.4) is 0 Å². The van der Waals surface area contributed by atoms with Crippen LogP contribution in [0.5, 0.6) is 0 Å². The Morgan fingerprint density at radius 2 is 1.95 bits per heavy atom. The predicted octanol–water partition coefficient (Wildman–Crippen LogP) is 2.62. The molecule has 1 fully saturated rings. The summed E-state index contributed by atoms with van der Waals surface area (Å²) in [6.07, 6.45) is -3.77. The number of hydrogen-bond donors (Lipinski definition) is 3. The number of aromatic nitrogens is 5. The zero-order valence-corrected chi connectivity index (χ0v) is 20.6. The first-order chi connectivity index (χ1) is 18.3. The molecule has 0 radical (unpaired) electrons. The Kier molecular flexibility index (Phi) is 5.14. The summed E-state index contributed by atoms with van der Waals surface area (Å²) in [6, 6.07) is 1.58. The molecule has 3 aromatic rings. The quantitative estimate of drug-likeness (QED) is 0.396. The van der Waals surface area contributed by atoms with E-state index in [1.807, 2.05) is 0 Å². The van der Waals surface area contributed by atoms with Gasteiger partial charge in [0.25, 0.3) is 0 Å². The SMILES string of the molecule is Cn1ccc2c(C3(CCC(F)(F)C(F)(F)F)N=C(N)C4=C(NC(=O)C4(C)c4nnc(C5CC5)o4)N3)ncnc21. The molecule has 0 aromatic carbocycles. The molecule has 1 aliphatic carbocycles. The Labute approximate surface area is 216 Å². The first kappa shape index (κ1) is 25.2. The second-order valence-corrected chi connectivity index (χ2v) is 10.1. The lowest BCUT2D eigenvalue weighted by Crippen LogP contribution is -2.50. The lowest BCUT2D eigenvalue weighted by atomic mass is 9.81. The number of amides is 1. The van der Waals surface area contributed by atoms with Gasteiger partial charge in [0.05, 0.1) is 5.57 Å². The summed E-state index contributed by atoms with van der Waals surface area (Å²) in [5.41, 5.74) is 3.28. The van der Waals surface area contributed by atoms with Gasteiger partial charge in [0, 0.05) is 37.4 Å². The smallest absolute Gasteiger partial charge is 0.423 e. The van der Waals surface area contributed by atoms with Gasteiger partial charge < -0.3 is 25.4 Å². The van der Waals surface area contributed by atoms with E-state index < -0.39 is 41.9 Å². The fourth-order valence-electron chi connectivity index (χ4n) is 5.01. The van der Waals surface area contributed by atoms with Crippen LogP contribution in [0.2, 0.25) is 0 Å². The number of nitrogens with two attached hydrogens (primary N) is 1. The predicted molar refractivity (Wildman–Crippen MR) is 124 cm³/mol. The van der Waals surface area contributed by atoms with Crippen LogP contribution in [0.25, 0.3) is 11.0 Å². The lowest BCUT2D eigenvalue weighted by Gasteiger charge is -2.37. The zero-order valence-electron chi connectivity index (χ0n) is 20.6. The van der Waals surface area contributed by atoms with Gasteiger partial charge in [0.2, 0.25) is 17.7 Å². The number of aliphatic imine (C=N–C) groups is 1. The van der Waals surface area contributed by atoms with Crippen molar-refractivity contribution in [1.29, 1.82) is 0 Å². The van der Waals surface area contributed by atoms with E-state index in [9.17, 15) is 26.7 Å². The van der Waals surface area contributed by atoms with Gasteiger partial charge in [0.15, 0.2) is 11.1 Å². The number of amidine groups is 1. The summed E-state index contributed by atoms with van der Waals surface area (Å²) in [6.45, 7) is 1.49. The van der Waals surface area contributed by atoms with Crippen LogP contribution in [0.4, 0.5) is 22.0 Å². The summed E-state index contributed by atoms with van der Waals surface area (Å²) >= 11 is 0. The molecule has 16 heteroatoms. The molecule has 6 rings (SSSR count). The van der Waals surface area contributed by atoms with Crippen molar-refractivity contribution in [1.82, 2.24) is 35.4 Å². The highest BCUT2D eigenvalue weighted by molar-refractivity contribution is 6.12. The summed E-state index contributed by atoms with van der Waals surface area (Å²) in [4.78, 5) is 26.1. The summed E-state index contributed by atoms with van der Waals surface area (Å²) in [7, 11) is 1.68. The number of carbonyl (C=O) groups is 1. The van der Waals surface area contributed by atoms with E-state index in [4.69, 9.17) is 10.2 Å². The summed E-state index contributed by atoms with van der Waals surface area (Å²) < 4.78 is 75.1. The van der Waals surface area contributed by atoms with Crippen molar-refractivity contribution >= 4 is 22.8 Å². The molecule has 206 valence electrons. The molecular weight excluding hydrogens is 529 g/mol. The largest absolute Gasteiger partial charge is 0.453 e. The molecule has 0 saturated heterocycles. The number of halogens is 5. The number of hydrogen-bond acceptors (Lipinski definition) is 9. The Morgan fingerprint density at radius 1 is 1.21 bits per heavy atom. The average Bonchev–Trinajstić information content (AvgIpc) is 3.36. The van der Waals surface area contributed by atoms with Gasteiger partial charge in [-0.3, -0.25) is 4.79 Å². The van der Waals surface area contributed by atoms with Crippen LogP contribution in [-0.4, -0.2) is 48.6 Å². The van der Waals surface area contributed by atoms with Crippen LogP contribution in [-0.2, 0) is 22.9 Å². The number of carbonyl (C=O) groups excluding carboxylic acids is 1. The van der Waals surface area contributed by atoms with E-state index in [1.54, 1.807) is 23.9 Å². The van der Waals surface area contributed by atoms with Crippen molar-refractivity contribution in [2.75, 3.05) is 0 Å². The van der Waals surface area contributed by atoms with E-state index in [2.05, 4.69) is 35.8 Å². The minimum absolute atomic E-state index is 0.0113. The molecule has 2 aliphatic heterocycles. The molecule has 4 N–H and O–H groups in total. The highest BCUT2D eigenvalue weighted by Crippen LogP contribution is 2.47. The van der Waals surface area contributed by atoms with Crippen LogP contribution in [0.15, 0.2) is 39.4 Å². The van der Waals surface area contributed by atoms with Crippen molar-refractivity contribution in [3.05, 3.63) is 47.5 Å². The maximum atomic E-state index is 14.2. The normalized spacial score (nSPS) is 25.5. The fourth-order valence-corrected chi connectivity index (χ4v) is 5.01. The molecule has 11 nitrogen and oxygen atoms in total. The third-order valence-corrected chi connectivity index (χ3v) is 7.41. The van der Waals surface area contributed by atoms with Gasteiger partial charge in [-0.25, -0.2) is 15.0 Å². The Bertz CT molecular complexity index is 1570. The molecule has 2 atom stereocenters. The van der Waals surface area contributed by atoms with E-state index >= 15 is 0 Å². The highest BCUT2D eigenvalue weighted by Gasteiger charge is 2.60. The van der Waals surface area contributed by atoms with Crippen molar-refractivity contribution < 1.29 is 31.2 Å². The molecule has 2 unspecified atom stereocenters. The minimum Gasteiger partial charge on any atom is -0.423 e. The van der Waals surface area contributed by atoms with E-state index in [-0.39, 0.29) is 34.7 Å². The van der Waals surface area contributed by atoms with E-state index in [0.29, 0.717) is 16.9 Å². The fraction of sp³-hybridized carbons (Fsp3) is 0.478. The molecular formula is C23H22F5N9O2. The van der Waals surface area contributed by atoms with E-state index in [1.165, 1.54) is 6.92 Å². The Balaban J connectivity index is 1.47. The van der Waals surface area contributed by atoms with Gasteiger partial charge in [0.1, 0.15) is 29.3 Å². The number of fused-ring (bicyclic) bond motifs is 1. The average molecular weight is 551 g/mol. The zero-order chi connectivity index (χ0) is 28.0. The number of aryl methyl sites for hydroxylation is 1. The van der Waals surface area contributed by atoms with Gasteiger partial charge in [-0.1, -0.05) is 0 Å². The molecule has 1 saturated carbocycles. The monoisotopic (exact) mass is 551 g/mol. The third-order valence-electron chi connectivity index (χ3n) is 7.41. The lowest BCUT2D eigenvalue weighted by molar-refractivity contribution is -0.285. The van der Waals surface area contributed by atoms with Gasteiger partial charge >= 0.3 is 12.1 Å². The number of nitrogens with one attached hydrogen (secondary N) is 2. The van der Waals surface area contributed by atoms with Crippen LogP contribution < -0.4 is 16.4 Å². The highest BCUT2D eigenvalue weighted by atomic mass is 19.4. The van der Waals surface area contributed by atoms with Crippen molar-refractivity contribution in [2.24, 2.45) is 17.8 Å². The van der Waals surface area contributed by atoms with Crippen LogP contribution >= 0.6 is 0 Å². The first-order valence-corrected chi connectivity index (χ1v) is 12.0. The Hall–Kier alpha value is -4.11. The second kappa shape index (κ2) is 7.95. The van der Waals surface area contributed by atoms with Gasteiger partial charge in [-0.15, -0.1) is 10.2 Å². The number of alkyl halides is 5. The molecule has 3 aromatic heterocycles. The summed E-state index contributed by atoms with van der Waals surface area (Å²) in [5, 5.41) is 13.9. The van der Waals surface area contributed by atoms with Crippen molar-refractivity contribution in [3.63, 3.8) is 0 Å². The van der Waals surface area contributed by atoms with E-state index in [0.717, 1.165) is 19.2 Å². The maximum absolute atomic E-state index is 14.2. The topological polar surface area (TPSA) is 149 Å². The first-order valence-electron chi connectivity index (χ1n) is 12.0. The third kappa shape index (κ3) is 3.67. The molecule has 3 aliphatic rings. The number of rotatable bonds is 6. The van der Waals surface area contributed by atoms with Gasteiger partial charge in [-0.2, -0.15) is 22.0 Å². The standard InChI is InChI=1S/C23H22F5N9O2/c1-20(19-36-35-17(39-19)10-3-4-10)12-14(29)33-21(34-15(12)32-18(20)38,6-7-22(24,25)23(26,27)28)13-11-5-8-37(2)16(11)31-9-30-13/h5,8-10,34H,3-4,6-7H2,1-2H3,(H2,29,33)(H,32,38). The summed E-state index contributed by atoms with van der Waals surface area (Å²) in [5.74, 6) is -5.52. The Morgan fingerprint density at radius 3 is 2.64 bits per heavy atom. The van der Waals surface area contributed by atoms with Crippen molar-refractivity contribution in [3.8, 4) is 0 Å². The number of nitrogens with zero attached hydrogens (tertiary/aromatic N) is 6. The molecule has 0 bridgehead atoms. The van der Waals surface area contributed by atoms with Crippen LogP contribution in [0.1, 0.15) is 56.0 Å². The maximum Gasteiger partial charge on any atom is 0.453 e. The minimum atomic E-state index is -5.78. The van der Waals surface area contributed by atoms with Gasteiger partial charge in [-0.05, 0) is 25.8 Å².